The van der Waals surface area contributed by atoms with Crippen LogP contribution in [0.1, 0.15) is 44.6 Å². The number of hydrogen-bond donors (Lipinski definition) is 0. The average Bonchev–Trinajstić information content (AvgIpc) is 3.29. The van der Waals surface area contributed by atoms with Gasteiger partial charge in [-0.3, -0.25) is 14.2 Å². The van der Waals surface area contributed by atoms with Crippen molar-refractivity contribution in [3.05, 3.63) is 63.1 Å². The van der Waals surface area contributed by atoms with Crippen LogP contribution in [0.25, 0.3) is 11.2 Å². The molecule has 8 heteroatoms. The van der Waals surface area contributed by atoms with Crippen molar-refractivity contribution in [2.75, 3.05) is 13.1 Å². The Bertz CT molecular complexity index is 1270. The molecule has 2 aromatic heterocycles. The summed E-state index contributed by atoms with van der Waals surface area (Å²) in [4.78, 5) is 46.3. The molecule has 1 aliphatic heterocycles. The van der Waals surface area contributed by atoms with Gasteiger partial charge in [-0.15, -0.1) is 0 Å². The van der Waals surface area contributed by atoms with Gasteiger partial charge in [-0.2, -0.15) is 0 Å². The molecule has 1 aliphatic carbocycles. The molecule has 2 atom stereocenters. The maximum absolute atomic E-state index is 13.5. The van der Waals surface area contributed by atoms with E-state index in [0.717, 1.165) is 23.1 Å². The molecule has 2 fully saturated rings. The summed E-state index contributed by atoms with van der Waals surface area (Å²) >= 11 is 0. The number of rotatable bonds is 5. The van der Waals surface area contributed by atoms with Crippen LogP contribution < -0.4 is 11.2 Å². The molecular weight excluding hydrogens is 418 g/mol. The molecule has 0 radical (unpaired) electrons. The van der Waals surface area contributed by atoms with Gasteiger partial charge in [0.15, 0.2) is 11.2 Å². The molecule has 33 heavy (non-hydrogen) atoms. The van der Waals surface area contributed by atoms with Crippen LogP contribution in [0, 0.1) is 11.8 Å². The lowest BCUT2D eigenvalue weighted by Crippen LogP contribution is -2.49. The fourth-order valence-electron chi connectivity index (χ4n) is 5.59. The SMILES string of the molecule is CCn1cnc2c1c(=O)n(CC(=O)N1CC[C@H]3CCCC[C@@H]3C1)c(=O)n2Cc1ccccc1. The van der Waals surface area contributed by atoms with Gasteiger partial charge >= 0.3 is 5.69 Å². The van der Waals surface area contributed by atoms with Crippen LogP contribution in [0.2, 0.25) is 0 Å². The lowest BCUT2D eigenvalue weighted by atomic mass is 9.75. The number of imidazole rings is 1. The van der Waals surface area contributed by atoms with Gasteiger partial charge in [-0.1, -0.05) is 49.6 Å². The predicted molar refractivity (Wildman–Crippen MR) is 126 cm³/mol. The van der Waals surface area contributed by atoms with E-state index in [1.165, 1.54) is 30.3 Å². The van der Waals surface area contributed by atoms with Gasteiger partial charge < -0.3 is 9.47 Å². The maximum Gasteiger partial charge on any atom is 0.333 e. The first-order chi connectivity index (χ1) is 16.1. The monoisotopic (exact) mass is 449 g/mol. The minimum absolute atomic E-state index is 0.147. The second-order valence-electron chi connectivity index (χ2n) is 9.38. The summed E-state index contributed by atoms with van der Waals surface area (Å²) in [6.07, 6.45) is 7.55. The Morgan fingerprint density at radius 3 is 2.55 bits per heavy atom. The van der Waals surface area contributed by atoms with E-state index in [0.29, 0.717) is 42.6 Å². The number of aryl methyl sites for hydroxylation is 1. The van der Waals surface area contributed by atoms with Crippen molar-refractivity contribution in [2.45, 2.75) is 58.7 Å². The quantitative estimate of drug-likeness (QED) is 0.599. The van der Waals surface area contributed by atoms with Crippen LogP contribution in [0.5, 0.6) is 0 Å². The van der Waals surface area contributed by atoms with Crippen LogP contribution in [-0.4, -0.2) is 42.6 Å². The first-order valence-electron chi connectivity index (χ1n) is 12.1. The number of amides is 1. The number of aromatic nitrogens is 4. The Morgan fingerprint density at radius 2 is 1.79 bits per heavy atom. The molecule has 1 saturated heterocycles. The van der Waals surface area contributed by atoms with Gasteiger partial charge in [0, 0.05) is 19.6 Å². The van der Waals surface area contributed by atoms with Gasteiger partial charge in [-0.25, -0.2) is 14.3 Å². The second-order valence-corrected chi connectivity index (χ2v) is 9.38. The topological polar surface area (TPSA) is 82.1 Å². The maximum atomic E-state index is 13.5. The summed E-state index contributed by atoms with van der Waals surface area (Å²) in [6, 6.07) is 9.62. The van der Waals surface area contributed by atoms with Crippen LogP contribution >= 0.6 is 0 Å². The predicted octanol–water partition coefficient (Wildman–Crippen LogP) is 2.47. The molecule has 8 nitrogen and oxygen atoms in total. The van der Waals surface area contributed by atoms with E-state index in [1.54, 1.807) is 10.9 Å². The van der Waals surface area contributed by atoms with E-state index in [2.05, 4.69) is 4.98 Å². The zero-order valence-electron chi connectivity index (χ0n) is 19.2. The van der Waals surface area contributed by atoms with E-state index in [4.69, 9.17) is 0 Å². The Kier molecular flexibility index (Phi) is 5.91. The summed E-state index contributed by atoms with van der Waals surface area (Å²) < 4.78 is 4.36. The molecule has 3 aromatic rings. The zero-order chi connectivity index (χ0) is 22.9. The fraction of sp³-hybridized carbons (Fsp3) is 0.520. The lowest BCUT2D eigenvalue weighted by Gasteiger charge is -2.41. The highest BCUT2D eigenvalue weighted by Crippen LogP contribution is 2.36. The standard InChI is InChI=1S/C25H31N5O3/c1-2-27-17-26-23-22(27)24(32)30(25(33)29(23)14-18-8-4-3-5-9-18)16-21(31)28-13-12-19-10-6-7-11-20(19)15-28/h3-5,8-9,17,19-20H,2,6-7,10-16H2,1H3/t19-,20-/m1/s1. The first kappa shape index (κ1) is 21.7. The van der Waals surface area contributed by atoms with E-state index < -0.39 is 11.2 Å². The summed E-state index contributed by atoms with van der Waals surface area (Å²) in [5.41, 5.74) is 0.732. The Hall–Kier alpha value is -3.16. The van der Waals surface area contributed by atoms with Crippen molar-refractivity contribution < 1.29 is 4.79 Å². The van der Waals surface area contributed by atoms with E-state index in [1.807, 2.05) is 42.2 Å². The summed E-state index contributed by atoms with van der Waals surface area (Å²) in [6.45, 7) is 4.00. The first-order valence-corrected chi connectivity index (χ1v) is 12.1. The normalized spacial score (nSPS) is 20.7. The molecule has 0 unspecified atom stereocenters. The van der Waals surface area contributed by atoms with E-state index in [9.17, 15) is 14.4 Å². The third-order valence-corrected chi connectivity index (χ3v) is 7.45. The number of carbonyl (C=O) groups excluding carboxylic acids is 1. The second kappa shape index (κ2) is 9.00. The van der Waals surface area contributed by atoms with Gasteiger partial charge in [0.2, 0.25) is 5.91 Å². The van der Waals surface area contributed by atoms with Crippen LogP contribution in [0.3, 0.4) is 0 Å². The van der Waals surface area contributed by atoms with Crippen molar-refractivity contribution in [1.82, 2.24) is 23.6 Å². The number of piperidine rings is 1. The summed E-state index contributed by atoms with van der Waals surface area (Å²) in [5.74, 6) is 1.11. The van der Waals surface area contributed by atoms with Crippen molar-refractivity contribution in [3.8, 4) is 0 Å². The molecule has 0 spiro atoms. The Labute approximate surface area is 192 Å². The van der Waals surface area contributed by atoms with Crippen LogP contribution in [0.15, 0.2) is 46.2 Å². The van der Waals surface area contributed by atoms with E-state index >= 15 is 0 Å². The van der Waals surface area contributed by atoms with Crippen LogP contribution in [-0.2, 0) is 24.4 Å². The van der Waals surface area contributed by atoms with Gasteiger partial charge in [0.05, 0.1) is 12.9 Å². The highest BCUT2D eigenvalue weighted by atomic mass is 16.2. The molecule has 1 saturated carbocycles. The molecular formula is C25H31N5O3. The van der Waals surface area contributed by atoms with Crippen molar-refractivity contribution in [3.63, 3.8) is 0 Å². The minimum atomic E-state index is -0.487. The lowest BCUT2D eigenvalue weighted by molar-refractivity contribution is -0.135. The molecule has 5 rings (SSSR count). The fourth-order valence-corrected chi connectivity index (χ4v) is 5.59. The van der Waals surface area contributed by atoms with Gasteiger partial charge in [0.1, 0.15) is 6.54 Å². The molecule has 0 bridgehead atoms. The Balaban J connectivity index is 1.50. The largest absolute Gasteiger partial charge is 0.341 e. The number of hydrogen-bond acceptors (Lipinski definition) is 4. The van der Waals surface area contributed by atoms with Crippen LogP contribution in [0.4, 0.5) is 0 Å². The van der Waals surface area contributed by atoms with E-state index in [-0.39, 0.29) is 12.5 Å². The van der Waals surface area contributed by atoms with Gasteiger partial charge in [0.25, 0.3) is 5.56 Å². The smallest absolute Gasteiger partial charge is 0.333 e. The molecule has 1 amide bonds. The van der Waals surface area contributed by atoms with Gasteiger partial charge in [-0.05, 0) is 37.2 Å². The zero-order valence-corrected chi connectivity index (χ0v) is 19.2. The summed E-state index contributed by atoms with van der Waals surface area (Å²) in [5, 5.41) is 0. The molecule has 1 aromatic carbocycles. The van der Waals surface area contributed by atoms with Crippen molar-refractivity contribution in [1.29, 1.82) is 0 Å². The number of fused-ring (bicyclic) bond motifs is 2. The average molecular weight is 450 g/mol. The number of benzene rings is 1. The molecule has 2 aliphatic rings. The third-order valence-electron chi connectivity index (χ3n) is 7.45. The number of carbonyl (C=O) groups is 1. The summed E-state index contributed by atoms with van der Waals surface area (Å²) in [7, 11) is 0. The Morgan fingerprint density at radius 1 is 1.03 bits per heavy atom. The number of nitrogens with zero attached hydrogens (tertiary/aromatic N) is 5. The molecule has 174 valence electrons. The third kappa shape index (κ3) is 4.03. The minimum Gasteiger partial charge on any atom is -0.341 e. The molecule has 3 heterocycles. The molecule has 0 N–H and O–H groups in total. The van der Waals surface area contributed by atoms with Crippen molar-refractivity contribution in [2.24, 2.45) is 11.8 Å². The highest BCUT2D eigenvalue weighted by molar-refractivity contribution is 5.77. The number of likely N-dealkylation sites (tertiary alicyclic amines) is 1. The van der Waals surface area contributed by atoms with Crippen molar-refractivity contribution >= 4 is 17.1 Å². The highest BCUT2D eigenvalue weighted by Gasteiger charge is 2.33.